The van der Waals surface area contributed by atoms with Gasteiger partial charge in [0, 0.05) is 30.9 Å². The third-order valence-electron chi connectivity index (χ3n) is 2.91. The first-order chi connectivity index (χ1) is 10.1. The van der Waals surface area contributed by atoms with E-state index in [0.717, 1.165) is 28.8 Å². The Labute approximate surface area is 131 Å². The lowest BCUT2D eigenvalue weighted by Crippen LogP contribution is -2.18. The summed E-state index contributed by atoms with van der Waals surface area (Å²) in [6.07, 6.45) is 1.71. The van der Waals surface area contributed by atoms with Gasteiger partial charge in [-0.1, -0.05) is 6.07 Å². The molecule has 1 aromatic carbocycles. The van der Waals surface area contributed by atoms with Crippen molar-refractivity contribution in [3.8, 4) is 5.69 Å². The first kappa shape index (κ1) is 15.7. The normalized spacial score (nSPS) is 10.8. The van der Waals surface area contributed by atoms with Crippen LogP contribution in [0.2, 0.25) is 0 Å². The summed E-state index contributed by atoms with van der Waals surface area (Å²) in [5.74, 6) is -0.538. The van der Waals surface area contributed by atoms with Gasteiger partial charge in [-0.15, -0.1) is 0 Å². The van der Waals surface area contributed by atoms with Gasteiger partial charge in [-0.25, -0.2) is 4.68 Å². The van der Waals surface area contributed by atoms with Crippen LogP contribution in [0.4, 0.5) is 0 Å². The number of rotatable bonds is 7. The second-order valence-corrected chi connectivity index (χ2v) is 5.32. The van der Waals surface area contributed by atoms with Crippen LogP contribution < -0.4 is 11.1 Å². The predicted octanol–water partition coefficient (Wildman–Crippen LogP) is 1.47. The van der Waals surface area contributed by atoms with Gasteiger partial charge in [0.15, 0.2) is 0 Å². The van der Waals surface area contributed by atoms with Gasteiger partial charge < -0.3 is 15.8 Å². The molecule has 0 radical (unpaired) electrons. The van der Waals surface area contributed by atoms with Gasteiger partial charge in [-0.2, -0.15) is 5.10 Å². The average Bonchev–Trinajstić information content (AvgIpc) is 2.93. The summed E-state index contributed by atoms with van der Waals surface area (Å²) in [4.78, 5) is 11.1. The lowest BCUT2D eigenvalue weighted by molar-refractivity contribution is 0.0995. The monoisotopic (exact) mass is 352 g/mol. The second-order valence-electron chi connectivity index (χ2n) is 4.47. The van der Waals surface area contributed by atoms with Gasteiger partial charge in [0.05, 0.1) is 12.3 Å². The van der Waals surface area contributed by atoms with Gasteiger partial charge in [-0.05, 0) is 39.7 Å². The third kappa shape index (κ3) is 4.13. The number of nitrogens with two attached hydrogens (primary N) is 1. The van der Waals surface area contributed by atoms with Crippen LogP contribution in [0.3, 0.4) is 0 Å². The van der Waals surface area contributed by atoms with Crippen molar-refractivity contribution in [2.24, 2.45) is 5.73 Å². The summed E-state index contributed by atoms with van der Waals surface area (Å²) in [6, 6.07) is 7.55. The Morgan fingerprint density at radius 3 is 2.90 bits per heavy atom. The van der Waals surface area contributed by atoms with Gasteiger partial charge in [0.1, 0.15) is 5.69 Å². The molecule has 3 N–H and O–H groups in total. The van der Waals surface area contributed by atoms with Crippen molar-refractivity contribution in [2.75, 3.05) is 20.3 Å². The maximum absolute atomic E-state index is 11.1. The number of nitrogens with one attached hydrogen (secondary N) is 1. The van der Waals surface area contributed by atoms with Crippen LogP contribution in [0.5, 0.6) is 0 Å². The molecule has 1 heterocycles. The minimum absolute atomic E-state index is 0.243. The molecule has 112 valence electrons. The summed E-state index contributed by atoms with van der Waals surface area (Å²) in [5.41, 5.74) is 7.44. The van der Waals surface area contributed by atoms with Gasteiger partial charge >= 0.3 is 0 Å². The fourth-order valence-electron chi connectivity index (χ4n) is 1.84. The maximum atomic E-state index is 11.1. The van der Waals surface area contributed by atoms with E-state index in [2.05, 4.69) is 26.3 Å². The number of carbonyl (C=O) groups excluding carboxylic acids is 1. The second kappa shape index (κ2) is 7.35. The number of ether oxygens (including phenoxy) is 1. The summed E-state index contributed by atoms with van der Waals surface area (Å²) in [7, 11) is 1.68. The molecule has 0 unspecified atom stereocenters. The number of halogens is 1. The van der Waals surface area contributed by atoms with Crippen molar-refractivity contribution in [3.05, 3.63) is 46.2 Å². The van der Waals surface area contributed by atoms with Crippen LogP contribution in [0, 0.1) is 0 Å². The van der Waals surface area contributed by atoms with E-state index >= 15 is 0 Å². The van der Waals surface area contributed by atoms with E-state index in [1.54, 1.807) is 24.1 Å². The summed E-state index contributed by atoms with van der Waals surface area (Å²) in [5, 5.41) is 7.42. The number of methoxy groups -OCH3 is 1. The van der Waals surface area contributed by atoms with Crippen molar-refractivity contribution in [1.29, 1.82) is 0 Å². The minimum atomic E-state index is -0.538. The molecule has 0 aliphatic carbocycles. The minimum Gasteiger partial charge on any atom is -0.383 e. The van der Waals surface area contributed by atoms with Gasteiger partial charge in [0.25, 0.3) is 5.91 Å². The first-order valence-corrected chi connectivity index (χ1v) is 7.25. The van der Waals surface area contributed by atoms with Crippen molar-refractivity contribution in [1.82, 2.24) is 15.1 Å². The lowest BCUT2D eigenvalue weighted by atomic mass is 10.2. The molecule has 0 saturated carbocycles. The van der Waals surface area contributed by atoms with E-state index in [1.807, 2.05) is 18.2 Å². The van der Waals surface area contributed by atoms with Crippen LogP contribution in [-0.4, -0.2) is 35.9 Å². The fraction of sp³-hybridized carbons (Fsp3) is 0.286. The number of hydrogen-bond donors (Lipinski definition) is 2. The van der Waals surface area contributed by atoms with Crippen molar-refractivity contribution in [2.45, 2.75) is 6.54 Å². The Balaban J connectivity index is 2.09. The van der Waals surface area contributed by atoms with Crippen LogP contribution >= 0.6 is 15.9 Å². The van der Waals surface area contributed by atoms with Crippen LogP contribution in [0.25, 0.3) is 5.69 Å². The van der Waals surface area contributed by atoms with E-state index < -0.39 is 5.91 Å². The molecule has 1 aromatic heterocycles. The highest BCUT2D eigenvalue weighted by molar-refractivity contribution is 9.10. The molecule has 0 fully saturated rings. The van der Waals surface area contributed by atoms with Gasteiger partial charge in [-0.3, -0.25) is 4.79 Å². The highest BCUT2D eigenvalue weighted by atomic mass is 79.9. The Morgan fingerprint density at radius 1 is 1.48 bits per heavy atom. The van der Waals surface area contributed by atoms with Crippen LogP contribution in [-0.2, 0) is 11.3 Å². The van der Waals surface area contributed by atoms with E-state index in [-0.39, 0.29) is 5.69 Å². The number of benzene rings is 1. The molecule has 6 nitrogen and oxygen atoms in total. The fourth-order valence-corrected chi connectivity index (χ4v) is 2.45. The van der Waals surface area contributed by atoms with E-state index in [0.29, 0.717) is 6.61 Å². The summed E-state index contributed by atoms with van der Waals surface area (Å²) in [6.45, 7) is 2.24. The summed E-state index contributed by atoms with van der Waals surface area (Å²) < 4.78 is 7.49. The van der Waals surface area contributed by atoms with E-state index in [9.17, 15) is 4.79 Å². The number of aromatic nitrogens is 2. The van der Waals surface area contributed by atoms with Crippen molar-refractivity contribution >= 4 is 21.8 Å². The Bertz CT molecular complexity index is 627. The van der Waals surface area contributed by atoms with Crippen molar-refractivity contribution < 1.29 is 9.53 Å². The average molecular weight is 353 g/mol. The zero-order valence-corrected chi connectivity index (χ0v) is 13.3. The lowest BCUT2D eigenvalue weighted by Gasteiger charge is -2.08. The third-order valence-corrected chi connectivity index (χ3v) is 3.55. The van der Waals surface area contributed by atoms with E-state index in [4.69, 9.17) is 10.5 Å². The highest BCUT2D eigenvalue weighted by Crippen LogP contribution is 2.22. The zero-order valence-electron chi connectivity index (χ0n) is 11.7. The number of primary amides is 1. The molecule has 1 amide bonds. The molecule has 2 rings (SSSR count). The molecular formula is C14H17BrN4O2. The Hall–Kier alpha value is -1.70. The van der Waals surface area contributed by atoms with Crippen molar-refractivity contribution in [3.63, 3.8) is 0 Å². The molecule has 7 heteroatoms. The van der Waals surface area contributed by atoms with Gasteiger partial charge in [0.2, 0.25) is 0 Å². The molecule has 0 bridgehead atoms. The van der Waals surface area contributed by atoms with E-state index in [1.165, 1.54) is 0 Å². The van der Waals surface area contributed by atoms with Crippen LogP contribution in [0.15, 0.2) is 34.9 Å². The maximum Gasteiger partial charge on any atom is 0.269 e. The smallest absolute Gasteiger partial charge is 0.269 e. The topological polar surface area (TPSA) is 82.2 Å². The largest absolute Gasteiger partial charge is 0.383 e. The highest BCUT2D eigenvalue weighted by Gasteiger charge is 2.08. The number of nitrogens with zero attached hydrogens (tertiary/aromatic N) is 2. The molecule has 0 saturated heterocycles. The SMILES string of the molecule is COCCNCc1ccc(-n2ccc(C(N)=O)n2)c(Br)c1. The molecule has 21 heavy (non-hydrogen) atoms. The standard InChI is InChI=1S/C14H17BrN4O2/c1-21-7-5-17-9-10-2-3-13(11(15)8-10)19-6-4-12(18-19)14(16)20/h2-4,6,8,17H,5,7,9H2,1H3,(H2,16,20). The number of hydrogen-bond acceptors (Lipinski definition) is 4. The number of carbonyl (C=O) groups is 1. The Kier molecular flexibility index (Phi) is 5.49. The zero-order chi connectivity index (χ0) is 15.2. The molecule has 2 aromatic rings. The molecule has 0 atom stereocenters. The molecular weight excluding hydrogens is 336 g/mol. The molecule has 0 aliphatic rings. The Morgan fingerprint density at radius 2 is 2.29 bits per heavy atom. The number of amides is 1. The summed E-state index contributed by atoms with van der Waals surface area (Å²) >= 11 is 3.52. The van der Waals surface area contributed by atoms with Crippen LogP contribution in [0.1, 0.15) is 16.1 Å². The predicted molar refractivity (Wildman–Crippen MR) is 83.4 cm³/mol. The molecule has 0 spiro atoms. The quantitative estimate of drug-likeness (QED) is 0.739. The molecule has 0 aliphatic heterocycles. The first-order valence-electron chi connectivity index (χ1n) is 6.45.